The summed E-state index contributed by atoms with van der Waals surface area (Å²) in [5.74, 6) is 1.79. The highest BCUT2D eigenvalue weighted by atomic mass is 32.2. The summed E-state index contributed by atoms with van der Waals surface area (Å²) in [6.45, 7) is 5.13. The van der Waals surface area contributed by atoms with Gasteiger partial charge in [0.25, 0.3) is 0 Å². The van der Waals surface area contributed by atoms with Crippen molar-refractivity contribution >= 4 is 21.8 Å². The molecule has 0 aliphatic carbocycles. The smallest absolute Gasteiger partial charge is 0.109 e. The summed E-state index contributed by atoms with van der Waals surface area (Å²) in [6, 6.07) is 9.71. The molecule has 25 heavy (non-hydrogen) atoms. The van der Waals surface area contributed by atoms with Gasteiger partial charge in [0.2, 0.25) is 0 Å². The number of imidazole rings is 1. The highest BCUT2D eigenvalue weighted by Crippen LogP contribution is 2.21. The molecule has 0 amide bonds. The van der Waals surface area contributed by atoms with Gasteiger partial charge in [0, 0.05) is 29.8 Å². The third-order valence-corrected chi connectivity index (χ3v) is 5.84. The average Bonchev–Trinajstić information content (AvgIpc) is 2.99. The van der Waals surface area contributed by atoms with Crippen LogP contribution in [0.3, 0.4) is 0 Å². The second-order valence-corrected chi connectivity index (χ2v) is 7.89. The van der Waals surface area contributed by atoms with E-state index in [4.69, 9.17) is 4.98 Å². The van der Waals surface area contributed by atoms with Gasteiger partial charge in [-0.15, -0.1) is 0 Å². The fraction of sp³-hybridized carbons (Fsp3) is 0.400. The third-order valence-electron chi connectivity index (χ3n) is 4.38. The number of pyridine rings is 1. The van der Waals surface area contributed by atoms with Gasteiger partial charge < -0.3 is 4.57 Å². The predicted octanol–water partition coefficient (Wildman–Crippen LogP) is 4.28. The standard InChI is InChI=1S/C20H25N3OS/c1-3-4-11-19-22-18-15-21-14-16(2)20(18)23(19)12-8-13-25(24)17-9-6-5-7-10-17/h5-7,9-10,14-15H,3-4,8,11-13H2,1-2H3. The molecule has 0 bridgehead atoms. The summed E-state index contributed by atoms with van der Waals surface area (Å²) in [4.78, 5) is 9.97. The third kappa shape index (κ3) is 4.15. The molecule has 0 N–H and O–H groups in total. The van der Waals surface area contributed by atoms with Crippen LogP contribution in [-0.4, -0.2) is 24.5 Å². The summed E-state index contributed by atoms with van der Waals surface area (Å²) in [6.07, 6.45) is 7.87. The molecule has 2 aromatic heterocycles. The Morgan fingerprint density at radius 1 is 1.12 bits per heavy atom. The molecule has 1 unspecified atom stereocenters. The van der Waals surface area contributed by atoms with E-state index >= 15 is 0 Å². The zero-order valence-corrected chi connectivity index (χ0v) is 15.8. The lowest BCUT2D eigenvalue weighted by Crippen LogP contribution is -2.08. The van der Waals surface area contributed by atoms with Crippen molar-refractivity contribution < 1.29 is 4.21 Å². The van der Waals surface area contributed by atoms with E-state index in [2.05, 4.69) is 23.4 Å². The largest absolute Gasteiger partial charge is 0.328 e. The molecule has 1 atom stereocenters. The van der Waals surface area contributed by atoms with Crippen molar-refractivity contribution in [1.82, 2.24) is 14.5 Å². The Kier molecular flexibility index (Phi) is 5.97. The number of rotatable bonds is 8. The van der Waals surface area contributed by atoms with Crippen molar-refractivity contribution in [3.05, 3.63) is 54.1 Å². The molecule has 1 aromatic carbocycles. The van der Waals surface area contributed by atoms with Crippen LogP contribution in [0.1, 0.15) is 37.6 Å². The highest BCUT2D eigenvalue weighted by molar-refractivity contribution is 7.85. The normalized spacial score (nSPS) is 12.6. The molecular weight excluding hydrogens is 330 g/mol. The molecule has 0 saturated carbocycles. The molecule has 0 fully saturated rings. The molecule has 0 saturated heterocycles. The molecule has 2 heterocycles. The van der Waals surface area contributed by atoms with E-state index in [9.17, 15) is 4.21 Å². The van der Waals surface area contributed by atoms with Gasteiger partial charge in [-0.25, -0.2) is 4.98 Å². The second kappa shape index (κ2) is 8.39. The molecule has 0 aliphatic heterocycles. The minimum absolute atomic E-state index is 0.668. The Balaban J connectivity index is 1.76. The van der Waals surface area contributed by atoms with E-state index in [1.807, 2.05) is 42.7 Å². The molecule has 0 aliphatic rings. The van der Waals surface area contributed by atoms with Crippen molar-refractivity contribution in [2.24, 2.45) is 0 Å². The van der Waals surface area contributed by atoms with E-state index in [1.54, 1.807) is 0 Å². The predicted molar refractivity (Wildman–Crippen MR) is 103 cm³/mol. The van der Waals surface area contributed by atoms with Gasteiger partial charge in [-0.3, -0.25) is 9.19 Å². The van der Waals surface area contributed by atoms with Gasteiger partial charge in [0.15, 0.2) is 0 Å². The molecule has 3 rings (SSSR count). The first kappa shape index (κ1) is 17.8. The molecule has 132 valence electrons. The first-order valence-electron chi connectivity index (χ1n) is 8.94. The Bertz CT molecular complexity index is 858. The van der Waals surface area contributed by atoms with E-state index in [-0.39, 0.29) is 0 Å². The van der Waals surface area contributed by atoms with Crippen molar-refractivity contribution in [2.75, 3.05) is 5.75 Å². The second-order valence-electron chi connectivity index (χ2n) is 6.32. The Labute approximate surface area is 151 Å². The van der Waals surface area contributed by atoms with Crippen molar-refractivity contribution in [2.45, 2.75) is 51.0 Å². The number of nitrogens with zero attached hydrogens (tertiary/aromatic N) is 3. The van der Waals surface area contributed by atoms with Crippen LogP contribution in [0.4, 0.5) is 0 Å². The quantitative estimate of drug-likeness (QED) is 0.606. The van der Waals surface area contributed by atoms with Crippen LogP contribution in [0.15, 0.2) is 47.6 Å². The topological polar surface area (TPSA) is 47.8 Å². The van der Waals surface area contributed by atoms with Gasteiger partial charge in [-0.05, 0) is 37.5 Å². The number of benzene rings is 1. The Morgan fingerprint density at radius 3 is 2.68 bits per heavy atom. The number of aryl methyl sites for hydroxylation is 3. The Morgan fingerprint density at radius 2 is 1.92 bits per heavy atom. The van der Waals surface area contributed by atoms with E-state index in [0.29, 0.717) is 5.75 Å². The van der Waals surface area contributed by atoms with Gasteiger partial charge in [-0.2, -0.15) is 0 Å². The van der Waals surface area contributed by atoms with Crippen LogP contribution in [0.5, 0.6) is 0 Å². The number of hydrogen-bond donors (Lipinski definition) is 0. The van der Waals surface area contributed by atoms with Crippen LogP contribution in [-0.2, 0) is 23.8 Å². The van der Waals surface area contributed by atoms with Crippen molar-refractivity contribution in [3.63, 3.8) is 0 Å². The summed E-state index contributed by atoms with van der Waals surface area (Å²) in [5.41, 5.74) is 3.29. The summed E-state index contributed by atoms with van der Waals surface area (Å²) in [5, 5.41) is 0. The minimum Gasteiger partial charge on any atom is -0.328 e. The summed E-state index contributed by atoms with van der Waals surface area (Å²) >= 11 is 0. The highest BCUT2D eigenvalue weighted by Gasteiger charge is 2.13. The van der Waals surface area contributed by atoms with Crippen LogP contribution in [0.2, 0.25) is 0 Å². The minimum atomic E-state index is -0.942. The monoisotopic (exact) mass is 355 g/mol. The first-order chi connectivity index (χ1) is 12.2. The van der Waals surface area contributed by atoms with E-state index in [1.165, 1.54) is 5.52 Å². The van der Waals surface area contributed by atoms with Gasteiger partial charge >= 0.3 is 0 Å². The zero-order valence-electron chi connectivity index (χ0n) is 14.9. The van der Waals surface area contributed by atoms with E-state index < -0.39 is 10.8 Å². The first-order valence-corrected chi connectivity index (χ1v) is 10.3. The SMILES string of the molecule is CCCCc1nc2cncc(C)c2n1CCCS(=O)c1ccccc1. The lowest BCUT2D eigenvalue weighted by Gasteiger charge is -2.10. The van der Waals surface area contributed by atoms with E-state index in [0.717, 1.165) is 54.0 Å². The molecule has 0 radical (unpaired) electrons. The van der Waals surface area contributed by atoms with Crippen LogP contribution >= 0.6 is 0 Å². The van der Waals surface area contributed by atoms with Gasteiger partial charge in [0.05, 0.1) is 22.5 Å². The maximum Gasteiger partial charge on any atom is 0.109 e. The summed E-state index contributed by atoms with van der Waals surface area (Å²) in [7, 11) is -0.942. The molecule has 3 aromatic rings. The molecular formula is C20H25N3OS. The number of aromatic nitrogens is 3. The van der Waals surface area contributed by atoms with Crippen LogP contribution in [0.25, 0.3) is 11.0 Å². The number of unbranched alkanes of at least 4 members (excludes halogenated alkanes) is 1. The lowest BCUT2D eigenvalue weighted by molar-refractivity contribution is 0.628. The maximum atomic E-state index is 12.4. The number of fused-ring (bicyclic) bond motifs is 1. The number of hydrogen-bond acceptors (Lipinski definition) is 3. The average molecular weight is 356 g/mol. The Hall–Kier alpha value is -2.01. The van der Waals surface area contributed by atoms with Crippen LogP contribution < -0.4 is 0 Å². The fourth-order valence-corrected chi connectivity index (χ4v) is 4.20. The fourth-order valence-electron chi connectivity index (χ4n) is 3.12. The lowest BCUT2D eigenvalue weighted by atomic mass is 10.2. The van der Waals surface area contributed by atoms with Gasteiger partial charge in [0.1, 0.15) is 11.3 Å². The van der Waals surface area contributed by atoms with Crippen LogP contribution in [0, 0.1) is 6.92 Å². The molecule has 4 nitrogen and oxygen atoms in total. The van der Waals surface area contributed by atoms with Crippen molar-refractivity contribution in [3.8, 4) is 0 Å². The molecule has 5 heteroatoms. The maximum absolute atomic E-state index is 12.4. The zero-order chi connectivity index (χ0) is 17.6. The molecule has 0 spiro atoms. The summed E-state index contributed by atoms with van der Waals surface area (Å²) < 4.78 is 14.7. The van der Waals surface area contributed by atoms with Gasteiger partial charge in [-0.1, -0.05) is 31.5 Å². The van der Waals surface area contributed by atoms with Crippen molar-refractivity contribution in [1.29, 1.82) is 0 Å².